The molecule has 0 saturated heterocycles. The average Bonchev–Trinajstić information content (AvgIpc) is 2.42. The Balaban J connectivity index is 2.57. The lowest BCUT2D eigenvalue weighted by atomic mass is 10.2. The molecular weight excluding hydrogens is 144 g/mol. The molecule has 1 aliphatic heterocycles. The highest BCUT2D eigenvalue weighted by Crippen LogP contribution is 2.33. The highest BCUT2D eigenvalue weighted by atomic mass is 32.1. The highest BCUT2D eigenvalue weighted by molar-refractivity contribution is 7.16. The molecule has 0 atom stereocenters. The van der Waals surface area contributed by atoms with E-state index in [1.807, 2.05) is 12.3 Å². The molecule has 0 fully saturated rings. The first kappa shape index (κ1) is 5.63. The molecule has 1 aliphatic rings. The summed E-state index contributed by atoms with van der Waals surface area (Å²) in [7, 11) is 0. The van der Waals surface area contributed by atoms with Crippen LogP contribution in [0.25, 0.3) is 0 Å². The zero-order valence-corrected chi connectivity index (χ0v) is 5.98. The number of nitrogens with zero attached hydrogens (tertiary/aromatic N) is 2. The van der Waals surface area contributed by atoms with Crippen molar-refractivity contribution in [2.75, 3.05) is 0 Å². The fraction of sp³-hybridized carbons (Fsp3) is 0.143. The van der Waals surface area contributed by atoms with Gasteiger partial charge in [-0.15, -0.1) is 11.3 Å². The van der Waals surface area contributed by atoms with E-state index in [-0.39, 0.29) is 0 Å². The van der Waals surface area contributed by atoms with Gasteiger partial charge in [-0.3, -0.25) is 0 Å². The summed E-state index contributed by atoms with van der Waals surface area (Å²) in [5.74, 6) is 0. The van der Waals surface area contributed by atoms with E-state index in [1.54, 1.807) is 0 Å². The first-order chi connectivity index (χ1) is 4.90. The van der Waals surface area contributed by atoms with Crippen LogP contribution in [-0.2, 0) is 6.42 Å². The number of aliphatic imine (C=N–C) groups is 1. The molecule has 0 aliphatic carbocycles. The quantitative estimate of drug-likeness (QED) is 0.553. The minimum Gasteiger partial charge on any atom is -0.250 e. The Labute approximate surface area is 62.4 Å². The number of rotatable bonds is 0. The molecule has 2 heterocycles. The van der Waals surface area contributed by atoms with Crippen molar-refractivity contribution in [1.82, 2.24) is 0 Å². The summed E-state index contributed by atoms with van der Waals surface area (Å²) in [6.07, 6.45) is 2.77. The monoisotopic (exact) mass is 148 g/mol. The number of hydrogen-bond acceptors (Lipinski definition) is 3. The predicted octanol–water partition coefficient (Wildman–Crippen LogP) is 1.88. The molecule has 48 valence electrons. The van der Waals surface area contributed by atoms with E-state index in [0.717, 1.165) is 16.3 Å². The van der Waals surface area contributed by atoms with Crippen LogP contribution in [0.4, 0.5) is 5.00 Å². The molecule has 0 unspecified atom stereocenters. The summed E-state index contributed by atoms with van der Waals surface area (Å²) < 4.78 is 0. The number of thiophene rings is 1. The maximum Gasteiger partial charge on any atom is 0.120 e. The zero-order valence-electron chi connectivity index (χ0n) is 5.16. The summed E-state index contributed by atoms with van der Waals surface area (Å²) >= 11 is 1.46. The molecular formula is C7H4N2S. The van der Waals surface area contributed by atoms with Crippen LogP contribution < -0.4 is 0 Å². The second-order valence-electron chi connectivity index (χ2n) is 2.07. The van der Waals surface area contributed by atoms with Gasteiger partial charge in [0.15, 0.2) is 0 Å². The van der Waals surface area contributed by atoms with Gasteiger partial charge >= 0.3 is 0 Å². The SMILES string of the molecule is N#Cc1cc2c(s1)N=CC2. The van der Waals surface area contributed by atoms with E-state index < -0.39 is 0 Å². The molecule has 0 aromatic carbocycles. The summed E-state index contributed by atoms with van der Waals surface area (Å²) in [5, 5.41) is 9.51. The molecule has 0 bridgehead atoms. The third kappa shape index (κ3) is 0.662. The Morgan fingerprint density at radius 1 is 1.70 bits per heavy atom. The summed E-state index contributed by atoms with van der Waals surface area (Å²) in [4.78, 5) is 4.88. The molecule has 0 N–H and O–H groups in total. The van der Waals surface area contributed by atoms with Gasteiger partial charge in [-0.25, -0.2) is 4.99 Å². The molecule has 0 amide bonds. The van der Waals surface area contributed by atoms with Gasteiger partial charge < -0.3 is 0 Å². The Morgan fingerprint density at radius 2 is 2.60 bits per heavy atom. The van der Waals surface area contributed by atoms with Crippen LogP contribution in [0.1, 0.15) is 10.4 Å². The lowest BCUT2D eigenvalue weighted by molar-refractivity contribution is 1.45. The van der Waals surface area contributed by atoms with Crippen LogP contribution in [0.5, 0.6) is 0 Å². The Morgan fingerprint density at radius 3 is 3.30 bits per heavy atom. The van der Waals surface area contributed by atoms with E-state index in [1.165, 1.54) is 16.9 Å². The number of nitriles is 1. The molecule has 3 heteroatoms. The van der Waals surface area contributed by atoms with Crippen LogP contribution in [0.2, 0.25) is 0 Å². The van der Waals surface area contributed by atoms with Crippen molar-refractivity contribution >= 4 is 22.6 Å². The molecule has 1 aromatic rings. The fourth-order valence-corrected chi connectivity index (χ4v) is 1.81. The van der Waals surface area contributed by atoms with Crippen molar-refractivity contribution in [3.05, 3.63) is 16.5 Å². The summed E-state index contributed by atoms with van der Waals surface area (Å²) in [5.41, 5.74) is 1.20. The highest BCUT2D eigenvalue weighted by Gasteiger charge is 2.10. The van der Waals surface area contributed by atoms with E-state index >= 15 is 0 Å². The predicted molar refractivity (Wildman–Crippen MR) is 40.9 cm³/mol. The largest absolute Gasteiger partial charge is 0.250 e. The van der Waals surface area contributed by atoms with Crippen LogP contribution in [0, 0.1) is 11.3 Å². The molecule has 0 radical (unpaired) electrons. The lowest BCUT2D eigenvalue weighted by Gasteiger charge is -1.77. The van der Waals surface area contributed by atoms with Gasteiger partial charge in [0.2, 0.25) is 0 Å². The van der Waals surface area contributed by atoms with Crippen molar-refractivity contribution in [3.8, 4) is 6.07 Å². The van der Waals surface area contributed by atoms with Gasteiger partial charge in [0.25, 0.3) is 0 Å². The van der Waals surface area contributed by atoms with Crippen molar-refractivity contribution in [2.24, 2.45) is 4.99 Å². The topological polar surface area (TPSA) is 36.1 Å². The average molecular weight is 148 g/mol. The molecule has 2 nitrogen and oxygen atoms in total. The second kappa shape index (κ2) is 1.93. The van der Waals surface area contributed by atoms with Crippen molar-refractivity contribution in [3.63, 3.8) is 0 Å². The van der Waals surface area contributed by atoms with Crippen LogP contribution >= 0.6 is 11.3 Å². The van der Waals surface area contributed by atoms with Crippen molar-refractivity contribution in [2.45, 2.75) is 6.42 Å². The van der Waals surface area contributed by atoms with Gasteiger partial charge in [-0.05, 0) is 11.6 Å². The minimum atomic E-state index is 0.766. The van der Waals surface area contributed by atoms with Gasteiger partial charge in [-0.2, -0.15) is 5.26 Å². The molecule has 1 aromatic heterocycles. The van der Waals surface area contributed by atoms with Crippen molar-refractivity contribution < 1.29 is 0 Å². The normalized spacial score (nSPS) is 13.1. The maximum atomic E-state index is 8.50. The van der Waals surface area contributed by atoms with Crippen LogP contribution in [0.15, 0.2) is 11.1 Å². The van der Waals surface area contributed by atoms with Gasteiger partial charge in [-0.1, -0.05) is 0 Å². The van der Waals surface area contributed by atoms with E-state index in [9.17, 15) is 0 Å². The fourth-order valence-electron chi connectivity index (χ4n) is 0.957. The van der Waals surface area contributed by atoms with Crippen molar-refractivity contribution in [1.29, 1.82) is 5.26 Å². The number of hydrogen-bond donors (Lipinski definition) is 0. The minimum absolute atomic E-state index is 0.766. The molecule has 2 rings (SSSR count). The molecule has 0 saturated carbocycles. The molecule has 0 spiro atoms. The lowest BCUT2D eigenvalue weighted by Crippen LogP contribution is -1.72. The van der Waals surface area contributed by atoms with E-state index in [4.69, 9.17) is 5.26 Å². The Hall–Kier alpha value is -1.14. The second-order valence-corrected chi connectivity index (χ2v) is 3.10. The van der Waals surface area contributed by atoms with Gasteiger partial charge in [0.1, 0.15) is 15.9 Å². The smallest absolute Gasteiger partial charge is 0.120 e. The Bertz CT molecular complexity index is 330. The summed E-state index contributed by atoms with van der Waals surface area (Å²) in [6, 6.07) is 4.01. The van der Waals surface area contributed by atoms with E-state index in [0.29, 0.717) is 0 Å². The van der Waals surface area contributed by atoms with Crippen LogP contribution in [0.3, 0.4) is 0 Å². The third-order valence-corrected chi connectivity index (χ3v) is 2.41. The first-order valence-electron chi connectivity index (χ1n) is 2.95. The molecule has 10 heavy (non-hydrogen) atoms. The van der Waals surface area contributed by atoms with Crippen LogP contribution in [-0.4, -0.2) is 6.21 Å². The summed E-state index contributed by atoms with van der Waals surface area (Å²) in [6.45, 7) is 0. The third-order valence-electron chi connectivity index (χ3n) is 1.42. The first-order valence-corrected chi connectivity index (χ1v) is 3.77. The van der Waals surface area contributed by atoms with E-state index in [2.05, 4.69) is 11.1 Å². The van der Waals surface area contributed by atoms with Gasteiger partial charge in [0.05, 0.1) is 0 Å². The zero-order chi connectivity index (χ0) is 6.97. The number of fused-ring (bicyclic) bond motifs is 1. The Kier molecular flexibility index (Phi) is 1.08. The maximum absolute atomic E-state index is 8.50. The van der Waals surface area contributed by atoms with Gasteiger partial charge in [0, 0.05) is 12.6 Å². The standard InChI is InChI=1S/C7H4N2S/c8-4-6-3-5-1-2-9-7(5)10-6/h2-3H,1H2.